The minimum atomic E-state index is -1.36. The van der Waals surface area contributed by atoms with E-state index in [1.54, 1.807) is 6.08 Å². The molecule has 0 aromatic carbocycles. The Morgan fingerprint density at radius 3 is 2.73 bits per heavy atom. The number of cyclic esters (lactones) is 1. The van der Waals surface area contributed by atoms with Crippen molar-refractivity contribution in [3.8, 4) is 0 Å². The van der Waals surface area contributed by atoms with Gasteiger partial charge >= 0.3 is 5.97 Å². The molecule has 5 fully saturated rings. The number of carbonyl (C=O) groups is 1. The zero-order chi connectivity index (χ0) is 21.1. The van der Waals surface area contributed by atoms with Gasteiger partial charge in [-0.05, 0) is 36.7 Å². The Morgan fingerprint density at radius 2 is 2.03 bits per heavy atom. The summed E-state index contributed by atoms with van der Waals surface area (Å²) in [4.78, 5) is 12.6. The molecule has 0 aromatic heterocycles. The van der Waals surface area contributed by atoms with Crippen LogP contribution in [0.3, 0.4) is 0 Å². The van der Waals surface area contributed by atoms with Gasteiger partial charge in [0, 0.05) is 5.41 Å². The van der Waals surface area contributed by atoms with Crippen molar-refractivity contribution in [3.63, 3.8) is 0 Å². The van der Waals surface area contributed by atoms with Crippen LogP contribution in [0.15, 0.2) is 23.8 Å². The first kappa shape index (κ1) is 18.3. The number of aliphatic hydroxyl groups is 2. The molecule has 30 heavy (non-hydrogen) atoms. The van der Waals surface area contributed by atoms with Gasteiger partial charge in [0.05, 0.1) is 11.7 Å². The van der Waals surface area contributed by atoms with Gasteiger partial charge in [-0.25, -0.2) is 4.79 Å². The molecule has 2 spiro atoms. The Kier molecular flexibility index (Phi) is 2.89. The molecule has 4 aliphatic heterocycles. The number of aliphatic hydroxyl groups excluding tert-OH is 1. The summed E-state index contributed by atoms with van der Waals surface area (Å²) in [6.07, 6.45) is 1.68. The van der Waals surface area contributed by atoms with Crippen LogP contribution in [0.4, 0.5) is 0 Å². The van der Waals surface area contributed by atoms with E-state index < -0.39 is 39.9 Å². The van der Waals surface area contributed by atoms with Gasteiger partial charge in [-0.1, -0.05) is 26.8 Å². The second kappa shape index (κ2) is 4.74. The van der Waals surface area contributed by atoms with Crippen molar-refractivity contribution in [3.05, 3.63) is 23.8 Å². The first-order valence-electron chi connectivity index (χ1n) is 11.1. The van der Waals surface area contributed by atoms with E-state index in [1.165, 1.54) is 0 Å². The summed E-state index contributed by atoms with van der Waals surface area (Å²) >= 11 is 0. The zero-order valence-corrected chi connectivity index (χ0v) is 17.5. The number of rotatable bonds is 3. The standard InChI is InChI=1S/C23H28O7/c1-5-6-20(26)9-19(4)12(11-8-27-17(24)14(11)20)7-13-22(28-13)18(25)21(10(2)3)15(29-21)16-23(19,22)30-16/h5,10,12-13,15-16,18,25-26H,1,6-9H2,2-4H3/t12-,13-,15-,16-,18+,19-,20?,21-,22+,23+/m0/s1. The fraction of sp³-hybridized carbons (Fsp3) is 0.783. The summed E-state index contributed by atoms with van der Waals surface area (Å²) in [7, 11) is 0. The molecule has 162 valence electrons. The molecule has 3 saturated heterocycles. The van der Waals surface area contributed by atoms with Crippen molar-refractivity contribution >= 4 is 5.97 Å². The summed E-state index contributed by atoms with van der Waals surface area (Å²) in [6.45, 7) is 10.3. The van der Waals surface area contributed by atoms with Gasteiger partial charge in [-0.3, -0.25) is 0 Å². The Balaban J connectivity index is 1.41. The fourth-order valence-corrected chi connectivity index (χ4v) is 8.48. The van der Waals surface area contributed by atoms with Gasteiger partial charge in [-0.2, -0.15) is 0 Å². The topological polar surface area (TPSA) is 104 Å². The van der Waals surface area contributed by atoms with Crippen LogP contribution < -0.4 is 0 Å². The van der Waals surface area contributed by atoms with Gasteiger partial charge < -0.3 is 29.2 Å². The zero-order valence-electron chi connectivity index (χ0n) is 17.5. The average molecular weight is 416 g/mol. The lowest BCUT2D eigenvalue weighted by atomic mass is 9.44. The first-order valence-corrected chi connectivity index (χ1v) is 11.1. The first-order chi connectivity index (χ1) is 14.1. The third kappa shape index (κ3) is 1.50. The highest BCUT2D eigenvalue weighted by molar-refractivity contribution is 5.94. The SMILES string of the molecule is C=CCC1(O)C[C@@]2(C)[C@@H](C[C@@H]3O[C@@]34[C@H](O)[C@@]3(C(C)C)O[C@H]3[C@@H]3O[C@@]342)C2=C1C(=O)OC2. The van der Waals surface area contributed by atoms with Gasteiger partial charge in [0.25, 0.3) is 0 Å². The van der Waals surface area contributed by atoms with E-state index in [0.717, 1.165) is 5.57 Å². The van der Waals surface area contributed by atoms with Crippen LogP contribution in [0.1, 0.15) is 40.0 Å². The molecule has 0 radical (unpaired) electrons. The van der Waals surface area contributed by atoms with E-state index in [2.05, 4.69) is 27.4 Å². The van der Waals surface area contributed by atoms with E-state index in [4.69, 9.17) is 18.9 Å². The maximum absolute atomic E-state index is 12.6. The molecular weight excluding hydrogens is 388 g/mol. The number of ether oxygens (including phenoxy) is 4. The van der Waals surface area contributed by atoms with Crippen LogP contribution in [-0.2, 0) is 23.7 Å². The minimum absolute atomic E-state index is 0.00725. The maximum atomic E-state index is 12.6. The van der Waals surface area contributed by atoms with Gasteiger partial charge in [0.1, 0.15) is 41.7 Å². The van der Waals surface area contributed by atoms with Gasteiger partial charge in [0.15, 0.2) is 5.60 Å². The summed E-state index contributed by atoms with van der Waals surface area (Å²) in [5.41, 5.74) is -2.76. The smallest absolute Gasteiger partial charge is 0.337 e. The molecule has 4 heterocycles. The van der Waals surface area contributed by atoms with E-state index in [9.17, 15) is 15.0 Å². The number of hydrogen-bond donors (Lipinski definition) is 2. The second-order valence-electron chi connectivity index (χ2n) is 11.0. The largest absolute Gasteiger partial charge is 0.458 e. The van der Waals surface area contributed by atoms with Crippen molar-refractivity contribution in [2.24, 2.45) is 17.3 Å². The van der Waals surface area contributed by atoms with Crippen molar-refractivity contribution in [2.75, 3.05) is 6.61 Å². The molecule has 7 aliphatic rings. The Bertz CT molecular complexity index is 957. The predicted molar refractivity (Wildman–Crippen MR) is 102 cm³/mol. The second-order valence-corrected chi connectivity index (χ2v) is 11.0. The monoisotopic (exact) mass is 416 g/mol. The molecule has 2 N–H and O–H groups in total. The molecule has 2 saturated carbocycles. The van der Waals surface area contributed by atoms with Crippen LogP contribution in [0.5, 0.6) is 0 Å². The number of hydrogen-bond acceptors (Lipinski definition) is 7. The fourth-order valence-electron chi connectivity index (χ4n) is 8.48. The Morgan fingerprint density at radius 1 is 1.27 bits per heavy atom. The Labute approximate surface area is 175 Å². The van der Waals surface area contributed by atoms with Gasteiger partial charge in [-0.15, -0.1) is 6.58 Å². The molecule has 7 rings (SSSR count). The summed E-state index contributed by atoms with van der Waals surface area (Å²) in [5.74, 6) is -0.292. The van der Waals surface area contributed by atoms with Crippen LogP contribution >= 0.6 is 0 Å². The summed E-state index contributed by atoms with van der Waals surface area (Å²) in [6, 6.07) is 0. The van der Waals surface area contributed by atoms with E-state index >= 15 is 0 Å². The molecule has 1 unspecified atom stereocenters. The molecule has 3 aliphatic carbocycles. The average Bonchev–Trinajstić information content (AvgIpc) is 3.55. The van der Waals surface area contributed by atoms with Crippen molar-refractivity contribution in [2.45, 2.75) is 86.9 Å². The van der Waals surface area contributed by atoms with Gasteiger partial charge in [0.2, 0.25) is 0 Å². The normalized spacial score (nSPS) is 61.1. The lowest BCUT2D eigenvalue weighted by molar-refractivity contribution is -0.140. The van der Waals surface area contributed by atoms with Crippen LogP contribution in [0.25, 0.3) is 0 Å². The molecule has 0 aromatic rings. The molecule has 0 bridgehead atoms. The van der Waals surface area contributed by atoms with Crippen molar-refractivity contribution < 1.29 is 34.0 Å². The van der Waals surface area contributed by atoms with E-state index in [-0.39, 0.29) is 43.2 Å². The highest BCUT2D eigenvalue weighted by Crippen LogP contribution is 2.83. The molecular formula is C23H28O7. The quantitative estimate of drug-likeness (QED) is 0.402. The number of esters is 1. The molecule has 0 amide bonds. The minimum Gasteiger partial charge on any atom is -0.458 e. The molecule has 7 nitrogen and oxygen atoms in total. The third-order valence-electron chi connectivity index (χ3n) is 9.70. The lowest BCUT2D eigenvalue weighted by Gasteiger charge is -2.56. The molecule has 7 heteroatoms. The summed E-state index contributed by atoms with van der Waals surface area (Å²) < 4.78 is 24.5. The predicted octanol–water partition coefficient (Wildman–Crippen LogP) is 1.02. The Hall–Kier alpha value is -1.25. The van der Waals surface area contributed by atoms with Crippen molar-refractivity contribution in [1.29, 1.82) is 0 Å². The number of carbonyl (C=O) groups excluding carboxylic acids is 1. The number of fused-ring (bicyclic) bond motifs is 4. The van der Waals surface area contributed by atoms with E-state index in [0.29, 0.717) is 18.4 Å². The summed E-state index contributed by atoms with van der Waals surface area (Å²) in [5, 5.41) is 23.3. The lowest BCUT2D eigenvalue weighted by Crippen LogP contribution is -2.70. The highest BCUT2D eigenvalue weighted by Gasteiger charge is 3.00. The molecule has 10 atom stereocenters. The van der Waals surface area contributed by atoms with E-state index in [1.807, 2.05) is 0 Å². The van der Waals surface area contributed by atoms with Crippen LogP contribution in [0.2, 0.25) is 0 Å². The van der Waals surface area contributed by atoms with Crippen LogP contribution in [-0.4, -0.2) is 69.6 Å². The number of epoxide rings is 3. The highest BCUT2D eigenvalue weighted by atomic mass is 16.7. The third-order valence-corrected chi connectivity index (χ3v) is 9.70. The maximum Gasteiger partial charge on any atom is 0.337 e. The van der Waals surface area contributed by atoms with Crippen LogP contribution in [0, 0.1) is 17.3 Å². The van der Waals surface area contributed by atoms with Crippen molar-refractivity contribution in [1.82, 2.24) is 0 Å².